The predicted molar refractivity (Wildman–Crippen MR) is 99.7 cm³/mol. The quantitative estimate of drug-likeness (QED) is 0.577. The highest BCUT2D eigenvalue weighted by molar-refractivity contribution is 6.32. The van der Waals surface area contributed by atoms with Crippen molar-refractivity contribution < 1.29 is 14.6 Å². The van der Waals surface area contributed by atoms with Crippen molar-refractivity contribution in [3.8, 4) is 11.5 Å². The summed E-state index contributed by atoms with van der Waals surface area (Å²) < 4.78 is 5.90. The number of fused-ring (bicyclic) bond motifs is 1. The summed E-state index contributed by atoms with van der Waals surface area (Å²) in [4.78, 5) is 14.1. The molecule has 0 aliphatic heterocycles. The van der Waals surface area contributed by atoms with Crippen molar-refractivity contribution in [1.29, 1.82) is 0 Å². The highest BCUT2D eigenvalue weighted by Crippen LogP contribution is 2.38. The maximum Gasteiger partial charge on any atom is 0.307 e. The number of aromatic nitrogens is 1. The third kappa shape index (κ3) is 3.28. The lowest BCUT2D eigenvalue weighted by molar-refractivity contribution is -0.136. The van der Waals surface area contributed by atoms with Crippen LogP contribution >= 0.6 is 11.6 Å². The molecule has 0 saturated carbocycles. The third-order valence-electron chi connectivity index (χ3n) is 4.21. The molecule has 6 heteroatoms. The lowest BCUT2D eigenvalue weighted by Crippen LogP contribution is -2.00. The fourth-order valence-electron chi connectivity index (χ4n) is 3.06. The second-order valence-corrected chi connectivity index (χ2v) is 6.33. The van der Waals surface area contributed by atoms with Crippen LogP contribution in [0.4, 0.5) is 5.69 Å². The molecule has 0 fully saturated rings. The van der Waals surface area contributed by atoms with E-state index in [2.05, 4.69) is 11.9 Å². The molecule has 130 valence electrons. The van der Waals surface area contributed by atoms with Crippen LogP contribution in [0.25, 0.3) is 10.9 Å². The van der Waals surface area contributed by atoms with Crippen molar-refractivity contribution in [3.05, 3.63) is 52.2 Å². The number of hydrogen-bond donors (Lipinski definition) is 3. The summed E-state index contributed by atoms with van der Waals surface area (Å²) in [6.45, 7) is 4.11. The summed E-state index contributed by atoms with van der Waals surface area (Å²) in [5.74, 6) is 0.0515. The normalized spacial score (nSPS) is 11.0. The molecular weight excluding hydrogens is 340 g/mol. The number of carboxylic acids is 1. The van der Waals surface area contributed by atoms with Crippen molar-refractivity contribution in [2.45, 2.75) is 26.7 Å². The summed E-state index contributed by atoms with van der Waals surface area (Å²) in [7, 11) is 0. The average Bonchev–Trinajstić information content (AvgIpc) is 2.88. The molecule has 0 bridgehead atoms. The zero-order chi connectivity index (χ0) is 18.1. The zero-order valence-corrected chi connectivity index (χ0v) is 14.8. The van der Waals surface area contributed by atoms with Gasteiger partial charge < -0.3 is 20.6 Å². The van der Waals surface area contributed by atoms with Crippen molar-refractivity contribution in [2.75, 3.05) is 5.73 Å². The van der Waals surface area contributed by atoms with Crippen LogP contribution in [0.2, 0.25) is 5.02 Å². The summed E-state index contributed by atoms with van der Waals surface area (Å²) in [6.07, 6.45) is 0.778. The van der Waals surface area contributed by atoms with Gasteiger partial charge in [-0.2, -0.15) is 0 Å². The van der Waals surface area contributed by atoms with Crippen molar-refractivity contribution in [3.63, 3.8) is 0 Å². The number of rotatable bonds is 5. The van der Waals surface area contributed by atoms with Crippen molar-refractivity contribution >= 4 is 34.2 Å². The minimum Gasteiger partial charge on any atom is -0.481 e. The standard InChI is InChI=1S/C19H19ClN2O3/c1-3-12-10(2)22-14-5-7-16(19(21)18(12)14)25-15-6-4-11(8-13(15)20)9-17(23)24/h4-8,22H,3,9,21H2,1-2H3,(H,23,24). The lowest BCUT2D eigenvalue weighted by Gasteiger charge is -2.12. The minimum absolute atomic E-state index is 0.0867. The molecule has 0 amide bonds. The molecule has 2 aromatic carbocycles. The van der Waals surface area contributed by atoms with Gasteiger partial charge in [0.25, 0.3) is 0 Å². The molecule has 25 heavy (non-hydrogen) atoms. The molecule has 0 aliphatic rings. The number of aliphatic carboxylic acids is 1. The fraction of sp³-hybridized carbons (Fsp3) is 0.211. The van der Waals surface area contributed by atoms with E-state index in [9.17, 15) is 4.79 Å². The Labute approximate surface area is 150 Å². The number of ether oxygens (including phenoxy) is 1. The second-order valence-electron chi connectivity index (χ2n) is 5.92. The molecular formula is C19H19ClN2O3. The van der Waals surface area contributed by atoms with Gasteiger partial charge in [-0.05, 0) is 48.7 Å². The van der Waals surface area contributed by atoms with Gasteiger partial charge in [-0.25, -0.2) is 0 Å². The predicted octanol–water partition coefficient (Wildman–Crippen LogP) is 4.69. The monoisotopic (exact) mass is 358 g/mol. The Kier molecular flexibility index (Phi) is 4.59. The van der Waals surface area contributed by atoms with Gasteiger partial charge in [0, 0.05) is 16.6 Å². The number of benzene rings is 2. The second kappa shape index (κ2) is 6.69. The maximum absolute atomic E-state index is 10.8. The number of H-pyrrole nitrogens is 1. The van der Waals surface area contributed by atoms with Gasteiger partial charge in [-0.1, -0.05) is 24.6 Å². The van der Waals surface area contributed by atoms with E-state index in [0.717, 1.165) is 23.0 Å². The highest BCUT2D eigenvalue weighted by Gasteiger charge is 2.15. The zero-order valence-electron chi connectivity index (χ0n) is 14.0. The number of anilines is 1. The number of nitrogens with two attached hydrogens (primary N) is 1. The van der Waals surface area contributed by atoms with E-state index in [1.165, 1.54) is 5.56 Å². The molecule has 0 aliphatic carbocycles. The SMILES string of the molecule is CCc1c(C)[nH]c2ccc(Oc3ccc(CC(=O)O)cc3Cl)c(N)c12. The highest BCUT2D eigenvalue weighted by atomic mass is 35.5. The Morgan fingerprint density at radius 3 is 2.64 bits per heavy atom. The van der Waals surface area contributed by atoms with Gasteiger partial charge >= 0.3 is 5.97 Å². The third-order valence-corrected chi connectivity index (χ3v) is 4.50. The van der Waals surface area contributed by atoms with Gasteiger partial charge in [-0.15, -0.1) is 0 Å². The maximum atomic E-state index is 10.8. The van der Waals surface area contributed by atoms with E-state index in [-0.39, 0.29) is 6.42 Å². The van der Waals surface area contributed by atoms with Gasteiger partial charge in [-0.3, -0.25) is 4.79 Å². The van der Waals surface area contributed by atoms with Crippen molar-refractivity contribution in [1.82, 2.24) is 4.98 Å². The number of carbonyl (C=O) groups is 1. The molecule has 1 aromatic heterocycles. The number of nitrogens with one attached hydrogen (secondary N) is 1. The molecule has 5 nitrogen and oxygen atoms in total. The minimum atomic E-state index is -0.908. The van der Waals surface area contributed by atoms with Crippen LogP contribution in [0.3, 0.4) is 0 Å². The number of nitrogen functional groups attached to an aromatic ring is 1. The Morgan fingerprint density at radius 2 is 2.00 bits per heavy atom. The van der Waals surface area contributed by atoms with E-state index in [0.29, 0.717) is 27.8 Å². The van der Waals surface area contributed by atoms with E-state index in [1.54, 1.807) is 24.3 Å². The van der Waals surface area contributed by atoms with Crippen molar-refractivity contribution in [2.24, 2.45) is 0 Å². The molecule has 0 saturated heterocycles. The molecule has 3 rings (SSSR count). The first kappa shape index (κ1) is 17.2. The number of aromatic amines is 1. The molecule has 0 spiro atoms. The fourth-order valence-corrected chi connectivity index (χ4v) is 3.30. The van der Waals surface area contributed by atoms with Crippen LogP contribution < -0.4 is 10.5 Å². The molecule has 1 heterocycles. The summed E-state index contributed by atoms with van der Waals surface area (Å²) >= 11 is 6.23. The van der Waals surface area contributed by atoms with Crippen LogP contribution in [0, 0.1) is 6.92 Å². The van der Waals surface area contributed by atoms with Crippen LogP contribution in [0.5, 0.6) is 11.5 Å². The molecule has 0 atom stereocenters. The first-order valence-electron chi connectivity index (χ1n) is 7.98. The van der Waals surface area contributed by atoms with Crippen LogP contribution in [-0.4, -0.2) is 16.1 Å². The number of carboxylic acid groups (broad SMARTS) is 1. The lowest BCUT2D eigenvalue weighted by atomic mass is 10.1. The van der Waals surface area contributed by atoms with Crippen LogP contribution in [0.15, 0.2) is 30.3 Å². The number of aryl methyl sites for hydroxylation is 2. The topological polar surface area (TPSA) is 88.3 Å². The van der Waals surface area contributed by atoms with Gasteiger partial charge in [0.05, 0.1) is 17.1 Å². The molecule has 4 N–H and O–H groups in total. The first-order valence-corrected chi connectivity index (χ1v) is 8.36. The largest absolute Gasteiger partial charge is 0.481 e. The molecule has 0 unspecified atom stereocenters. The summed E-state index contributed by atoms with van der Waals surface area (Å²) in [6, 6.07) is 8.67. The smallest absolute Gasteiger partial charge is 0.307 e. The van der Waals surface area contributed by atoms with E-state index >= 15 is 0 Å². The van der Waals surface area contributed by atoms with E-state index in [4.69, 9.17) is 27.2 Å². The number of hydrogen-bond acceptors (Lipinski definition) is 3. The average molecular weight is 359 g/mol. The number of halogens is 1. The Balaban J connectivity index is 1.98. The van der Waals surface area contributed by atoms with Crippen LogP contribution in [-0.2, 0) is 17.6 Å². The Bertz CT molecular complexity index is 963. The van der Waals surface area contributed by atoms with E-state index < -0.39 is 5.97 Å². The first-order chi connectivity index (χ1) is 11.9. The Hall–Kier alpha value is -2.66. The summed E-state index contributed by atoms with van der Waals surface area (Å²) in [5, 5.41) is 10.2. The molecule has 3 aromatic rings. The Morgan fingerprint density at radius 1 is 1.28 bits per heavy atom. The summed E-state index contributed by atoms with van der Waals surface area (Å²) in [5.41, 5.74) is 10.7. The van der Waals surface area contributed by atoms with E-state index in [1.807, 2.05) is 13.0 Å². The van der Waals surface area contributed by atoms with Gasteiger partial charge in [0.1, 0.15) is 5.75 Å². The van der Waals surface area contributed by atoms with Crippen LogP contribution in [0.1, 0.15) is 23.7 Å². The van der Waals surface area contributed by atoms with Gasteiger partial charge in [0.2, 0.25) is 0 Å². The molecule has 0 radical (unpaired) electrons. The van der Waals surface area contributed by atoms with Gasteiger partial charge in [0.15, 0.2) is 5.75 Å².